The molecule has 0 radical (unpaired) electrons. The van der Waals surface area contributed by atoms with Gasteiger partial charge < -0.3 is 5.32 Å². The molecule has 0 aliphatic rings. The van der Waals surface area contributed by atoms with E-state index in [0.29, 0.717) is 11.3 Å². The minimum Gasteiger partial charge on any atom is -0.382 e. The number of nitrogens with one attached hydrogen (secondary N) is 1. The Labute approximate surface area is 100 Å². The number of nitro groups is 1. The van der Waals surface area contributed by atoms with Crippen LogP contribution < -0.4 is 5.32 Å². The quantitative estimate of drug-likeness (QED) is 0.626. The van der Waals surface area contributed by atoms with Gasteiger partial charge >= 0.3 is 0 Å². The lowest BCUT2D eigenvalue weighted by molar-refractivity contribution is -0.384. The number of rotatable bonds is 5. The van der Waals surface area contributed by atoms with Gasteiger partial charge in [0.15, 0.2) is 0 Å². The molecule has 1 atom stereocenters. The van der Waals surface area contributed by atoms with Crippen molar-refractivity contribution in [1.29, 1.82) is 5.26 Å². The molecule has 1 rings (SSSR count). The lowest BCUT2D eigenvalue weighted by Gasteiger charge is -2.15. The van der Waals surface area contributed by atoms with Gasteiger partial charge in [-0.25, -0.2) is 0 Å². The van der Waals surface area contributed by atoms with Gasteiger partial charge in [-0.2, -0.15) is 5.26 Å². The van der Waals surface area contributed by atoms with E-state index in [0.717, 1.165) is 12.8 Å². The predicted molar refractivity (Wildman–Crippen MR) is 65.8 cm³/mol. The standard InChI is InChI=1S/C12H15N3O2/c1-3-4-9(2)14-12-6-5-11(15(16)17)7-10(12)8-13/h5-7,9,14H,3-4H2,1-2H3/t9-/m0/s1. The van der Waals surface area contributed by atoms with Crippen molar-refractivity contribution >= 4 is 11.4 Å². The first kappa shape index (κ1) is 13.0. The number of hydrogen-bond acceptors (Lipinski definition) is 4. The minimum atomic E-state index is -0.500. The van der Waals surface area contributed by atoms with Crippen molar-refractivity contribution in [1.82, 2.24) is 0 Å². The molecule has 0 saturated heterocycles. The molecule has 0 aromatic heterocycles. The van der Waals surface area contributed by atoms with Gasteiger partial charge in [0, 0.05) is 18.2 Å². The third-order valence-corrected chi connectivity index (χ3v) is 2.46. The molecule has 0 aliphatic carbocycles. The van der Waals surface area contributed by atoms with Crippen LogP contribution in [0.5, 0.6) is 0 Å². The van der Waals surface area contributed by atoms with E-state index in [-0.39, 0.29) is 11.7 Å². The van der Waals surface area contributed by atoms with Crippen LogP contribution in [0, 0.1) is 21.4 Å². The third kappa shape index (κ3) is 3.45. The number of hydrogen-bond donors (Lipinski definition) is 1. The zero-order valence-corrected chi connectivity index (χ0v) is 9.93. The first-order chi connectivity index (χ1) is 8.08. The molecular weight excluding hydrogens is 218 g/mol. The summed E-state index contributed by atoms with van der Waals surface area (Å²) in [5.41, 5.74) is 0.899. The fourth-order valence-corrected chi connectivity index (χ4v) is 1.63. The average molecular weight is 233 g/mol. The zero-order chi connectivity index (χ0) is 12.8. The van der Waals surface area contributed by atoms with E-state index in [9.17, 15) is 10.1 Å². The fourth-order valence-electron chi connectivity index (χ4n) is 1.63. The highest BCUT2D eigenvalue weighted by Crippen LogP contribution is 2.22. The molecule has 90 valence electrons. The summed E-state index contributed by atoms with van der Waals surface area (Å²) in [5, 5.41) is 22.7. The number of non-ortho nitro benzene ring substituents is 1. The van der Waals surface area contributed by atoms with Crippen LogP contribution in [-0.4, -0.2) is 11.0 Å². The van der Waals surface area contributed by atoms with Gasteiger partial charge in [0.05, 0.1) is 16.2 Å². The Morgan fingerprint density at radius 1 is 1.59 bits per heavy atom. The average Bonchev–Trinajstić information content (AvgIpc) is 2.29. The highest BCUT2D eigenvalue weighted by atomic mass is 16.6. The molecule has 0 heterocycles. The van der Waals surface area contributed by atoms with E-state index >= 15 is 0 Å². The van der Waals surface area contributed by atoms with E-state index in [1.807, 2.05) is 13.0 Å². The van der Waals surface area contributed by atoms with Crippen molar-refractivity contribution in [3.63, 3.8) is 0 Å². The monoisotopic (exact) mass is 233 g/mol. The summed E-state index contributed by atoms with van der Waals surface area (Å²) in [6, 6.07) is 6.50. The van der Waals surface area contributed by atoms with Crippen LogP contribution in [0.15, 0.2) is 18.2 Å². The van der Waals surface area contributed by atoms with Gasteiger partial charge in [-0.15, -0.1) is 0 Å². The summed E-state index contributed by atoms with van der Waals surface area (Å²) in [5.74, 6) is 0. The highest BCUT2D eigenvalue weighted by molar-refractivity contribution is 5.61. The summed E-state index contributed by atoms with van der Waals surface area (Å²) in [7, 11) is 0. The molecule has 0 spiro atoms. The van der Waals surface area contributed by atoms with E-state index in [2.05, 4.69) is 12.2 Å². The molecule has 1 N–H and O–H groups in total. The van der Waals surface area contributed by atoms with Crippen molar-refractivity contribution in [2.24, 2.45) is 0 Å². The topological polar surface area (TPSA) is 79.0 Å². The third-order valence-electron chi connectivity index (χ3n) is 2.46. The predicted octanol–water partition coefficient (Wildman–Crippen LogP) is 3.07. The SMILES string of the molecule is CCC[C@H](C)Nc1ccc([N+](=O)[O-])cc1C#N. The van der Waals surface area contributed by atoms with Crippen LogP contribution in [0.2, 0.25) is 0 Å². The Morgan fingerprint density at radius 3 is 2.82 bits per heavy atom. The molecule has 0 saturated carbocycles. The van der Waals surface area contributed by atoms with Crippen molar-refractivity contribution in [2.45, 2.75) is 32.7 Å². The molecule has 1 aromatic rings. The van der Waals surface area contributed by atoms with E-state index in [4.69, 9.17) is 5.26 Å². The molecule has 0 amide bonds. The van der Waals surface area contributed by atoms with E-state index < -0.39 is 4.92 Å². The number of nitriles is 1. The maximum atomic E-state index is 10.6. The van der Waals surface area contributed by atoms with Crippen molar-refractivity contribution in [3.05, 3.63) is 33.9 Å². The van der Waals surface area contributed by atoms with Crippen LogP contribution in [-0.2, 0) is 0 Å². The second kappa shape index (κ2) is 5.85. The summed E-state index contributed by atoms with van der Waals surface area (Å²) < 4.78 is 0. The van der Waals surface area contributed by atoms with E-state index in [1.165, 1.54) is 12.1 Å². The summed E-state index contributed by atoms with van der Waals surface area (Å²) in [6.07, 6.45) is 2.03. The van der Waals surface area contributed by atoms with Gasteiger partial charge in [-0.3, -0.25) is 10.1 Å². The van der Waals surface area contributed by atoms with Crippen LogP contribution in [0.25, 0.3) is 0 Å². The maximum Gasteiger partial charge on any atom is 0.270 e. The smallest absolute Gasteiger partial charge is 0.270 e. The normalized spacial score (nSPS) is 11.6. The van der Waals surface area contributed by atoms with Crippen LogP contribution in [0.4, 0.5) is 11.4 Å². The van der Waals surface area contributed by atoms with Crippen LogP contribution in [0.1, 0.15) is 32.3 Å². The Morgan fingerprint density at radius 2 is 2.29 bits per heavy atom. The zero-order valence-electron chi connectivity index (χ0n) is 9.93. The van der Waals surface area contributed by atoms with Crippen molar-refractivity contribution in [3.8, 4) is 6.07 Å². The lowest BCUT2D eigenvalue weighted by Crippen LogP contribution is -2.15. The molecule has 1 aromatic carbocycles. The number of nitrogens with zero attached hydrogens (tertiary/aromatic N) is 2. The Bertz CT molecular complexity index is 452. The van der Waals surface area contributed by atoms with Gasteiger partial charge in [0.25, 0.3) is 5.69 Å². The Kier molecular flexibility index (Phi) is 4.46. The second-order valence-electron chi connectivity index (χ2n) is 3.93. The highest BCUT2D eigenvalue weighted by Gasteiger charge is 2.11. The largest absolute Gasteiger partial charge is 0.382 e. The number of anilines is 1. The van der Waals surface area contributed by atoms with Gasteiger partial charge in [0.2, 0.25) is 0 Å². The second-order valence-corrected chi connectivity index (χ2v) is 3.93. The number of nitro benzene ring substituents is 1. The molecule has 0 fully saturated rings. The Balaban J connectivity index is 2.94. The first-order valence-electron chi connectivity index (χ1n) is 5.53. The molecule has 17 heavy (non-hydrogen) atoms. The van der Waals surface area contributed by atoms with Gasteiger partial charge in [-0.1, -0.05) is 13.3 Å². The number of benzene rings is 1. The van der Waals surface area contributed by atoms with Crippen LogP contribution >= 0.6 is 0 Å². The fraction of sp³-hybridized carbons (Fsp3) is 0.417. The van der Waals surface area contributed by atoms with Crippen molar-refractivity contribution in [2.75, 3.05) is 5.32 Å². The summed E-state index contributed by atoms with van der Waals surface area (Å²) in [6.45, 7) is 4.10. The molecule has 5 nitrogen and oxygen atoms in total. The minimum absolute atomic E-state index is 0.0600. The molecule has 0 bridgehead atoms. The molecular formula is C12H15N3O2. The molecule has 0 aliphatic heterocycles. The van der Waals surface area contributed by atoms with Crippen molar-refractivity contribution < 1.29 is 4.92 Å². The van der Waals surface area contributed by atoms with Gasteiger partial charge in [-0.05, 0) is 19.4 Å². The van der Waals surface area contributed by atoms with Gasteiger partial charge in [0.1, 0.15) is 6.07 Å². The molecule has 0 unspecified atom stereocenters. The Hall–Kier alpha value is -2.09. The van der Waals surface area contributed by atoms with Crippen LogP contribution in [0.3, 0.4) is 0 Å². The molecule has 5 heteroatoms. The first-order valence-corrected chi connectivity index (χ1v) is 5.53. The lowest BCUT2D eigenvalue weighted by atomic mass is 10.1. The van der Waals surface area contributed by atoms with E-state index in [1.54, 1.807) is 6.07 Å². The maximum absolute atomic E-state index is 10.6. The summed E-state index contributed by atoms with van der Waals surface area (Å²) >= 11 is 0. The summed E-state index contributed by atoms with van der Waals surface area (Å²) in [4.78, 5) is 10.1.